The van der Waals surface area contributed by atoms with Crippen molar-refractivity contribution in [2.75, 3.05) is 19.0 Å². The molecule has 0 unspecified atom stereocenters. The molecule has 144 valence electrons. The summed E-state index contributed by atoms with van der Waals surface area (Å²) in [6.45, 7) is 0.294. The summed E-state index contributed by atoms with van der Waals surface area (Å²) >= 11 is 2.25. The third-order valence-electron chi connectivity index (χ3n) is 3.71. The highest BCUT2D eigenvalue weighted by molar-refractivity contribution is 8.14. The molecule has 10 heteroatoms. The second-order valence-corrected chi connectivity index (χ2v) is 7.67. The Kier molecular flexibility index (Phi) is 5.81. The van der Waals surface area contributed by atoms with Crippen molar-refractivity contribution < 1.29 is 24.2 Å². The first-order chi connectivity index (χ1) is 13.4. The molecule has 1 aromatic heterocycles. The number of carboxylic acids is 1. The number of benzene rings is 2. The van der Waals surface area contributed by atoms with E-state index in [0.717, 1.165) is 26.6 Å². The van der Waals surface area contributed by atoms with Crippen LogP contribution in [0.1, 0.15) is 20.7 Å². The molecular formula is C18H14N2O6S2. The maximum Gasteiger partial charge on any atom is 0.337 e. The van der Waals surface area contributed by atoms with Crippen LogP contribution in [0.2, 0.25) is 0 Å². The normalized spacial score (nSPS) is 12.4. The van der Waals surface area contributed by atoms with Gasteiger partial charge in [-0.2, -0.15) is 0 Å². The lowest BCUT2D eigenvalue weighted by molar-refractivity contribution is -0.109. The average molecular weight is 418 g/mol. The second kappa shape index (κ2) is 8.28. The number of hydrogen-bond donors (Lipinski definition) is 3. The molecule has 0 aliphatic carbocycles. The van der Waals surface area contributed by atoms with Gasteiger partial charge in [0.15, 0.2) is 0 Å². The summed E-state index contributed by atoms with van der Waals surface area (Å²) in [5, 5.41) is 11.7. The molecule has 0 bridgehead atoms. The van der Waals surface area contributed by atoms with E-state index in [1.807, 2.05) is 0 Å². The van der Waals surface area contributed by atoms with Crippen molar-refractivity contribution in [1.82, 2.24) is 4.98 Å². The van der Waals surface area contributed by atoms with Crippen LogP contribution in [0.25, 0.3) is 10.2 Å². The van der Waals surface area contributed by atoms with Gasteiger partial charge in [0, 0.05) is 10.6 Å². The molecule has 3 aromatic rings. The molecule has 0 saturated heterocycles. The number of aromatic carboxylic acids is 1. The zero-order valence-electron chi connectivity index (χ0n) is 14.5. The predicted molar refractivity (Wildman–Crippen MR) is 107 cm³/mol. The molecule has 8 nitrogen and oxygen atoms in total. The topological polar surface area (TPSA) is 126 Å². The Balaban J connectivity index is 0.000000162. The van der Waals surface area contributed by atoms with Crippen molar-refractivity contribution in [3.05, 3.63) is 57.2 Å². The molecule has 28 heavy (non-hydrogen) atoms. The number of aromatic nitrogens is 1. The zero-order valence-corrected chi connectivity index (χ0v) is 16.1. The Hall–Kier alpha value is -3.11. The van der Waals surface area contributed by atoms with Gasteiger partial charge < -0.3 is 20.1 Å². The van der Waals surface area contributed by atoms with E-state index in [1.54, 1.807) is 24.3 Å². The van der Waals surface area contributed by atoms with Gasteiger partial charge in [0.05, 0.1) is 35.0 Å². The van der Waals surface area contributed by atoms with Gasteiger partial charge in [-0.15, -0.1) is 0 Å². The largest absolute Gasteiger partial charge is 0.478 e. The predicted octanol–water partition coefficient (Wildman–Crippen LogP) is 2.81. The van der Waals surface area contributed by atoms with E-state index in [1.165, 1.54) is 31.0 Å². The molecule has 2 heterocycles. The maximum absolute atomic E-state index is 11.2. The van der Waals surface area contributed by atoms with Crippen molar-refractivity contribution in [3.8, 4) is 0 Å². The van der Waals surface area contributed by atoms with Crippen molar-refractivity contribution in [2.24, 2.45) is 0 Å². The second-order valence-electron chi connectivity index (χ2n) is 5.56. The highest BCUT2D eigenvalue weighted by Crippen LogP contribution is 2.32. The van der Waals surface area contributed by atoms with Gasteiger partial charge in [0.25, 0.3) is 0 Å². The van der Waals surface area contributed by atoms with Crippen molar-refractivity contribution in [2.45, 2.75) is 4.90 Å². The lowest BCUT2D eigenvalue weighted by Gasteiger charge is -2.16. The molecule has 1 aliphatic heterocycles. The molecule has 1 aliphatic rings. The number of carbonyl (C=O) groups excluding carboxylic acids is 2. The van der Waals surface area contributed by atoms with Crippen LogP contribution in [0.5, 0.6) is 0 Å². The van der Waals surface area contributed by atoms with Gasteiger partial charge in [-0.1, -0.05) is 11.3 Å². The zero-order chi connectivity index (χ0) is 20.3. The van der Waals surface area contributed by atoms with E-state index in [4.69, 9.17) is 5.11 Å². The first-order valence-corrected chi connectivity index (χ1v) is 9.54. The van der Waals surface area contributed by atoms with Gasteiger partial charge in [-0.25, -0.2) is 9.59 Å². The first kappa shape index (κ1) is 19.6. The minimum Gasteiger partial charge on any atom is -0.478 e. The number of hydrogen-bond acceptors (Lipinski definition) is 8. The molecule has 0 fully saturated rings. The fourth-order valence-electron chi connectivity index (χ4n) is 2.41. The van der Waals surface area contributed by atoms with Gasteiger partial charge in [-0.05, 0) is 48.2 Å². The fraction of sp³-hybridized carbons (Fsp3) is 0.111. The number of aromatic amines is 1. The number of esters is 1. The number of H-pyrrole nitrogens is 1. The molecule has 4 rings (SSSR count). The van der Waals surface area contributed by atoms with E-state index >= 15 is 0 Å². The van der Waals surface area contributed by atoms with Crippen LogP contribution >= 0.6 is 23.1 Å². The third-order valence-corrected chi connectivity index (χ3v) is 5.52. The van der Waals surface area contributed by atoms with Crippen LogP contribution in [-0.2, 0) is 9.53 Å². The van der Waals surface area contributed by atoms with Crippen LogP contribution < -0.4 is 10.2 Å². The van der Waals surface area contributed by atoms with E-state index < -0.39 is 5.97 Å². The van der Waals surface area contributed by atoms with Gasteiger partial charge in [0.2, 0.25) is 5.12 Å². The summed E-state index contributed by atoms with van der Waals surface area (Å²) in [6, 6.07) is 9.65. The van der Waals surface area contributed by atoms with Crippen molar-refractivity contribution >= 4 is 56.1 Å². The number of anilines is 1. The quantitative estimate of drug-likeness (QED) is 0.543. The molecule has 0 atom stereocenters. The number of thiazole rings is 1. The van der Waals surface area contributed by atoms with Crippen molar-refractivity contribution in [1.29, 1.82) is 0 Å². The highest BCUT2D eigenvalue weighted by atomic mass is 32.2. The van der Waals surface area contributed by atoms with Crippen LogP contribution in [0.15, 0.2) is 46.1 Å². The highest BCUT2D eigenvalue weighted by Gasteiger charge is 2.17. The Bertz CT molecular complexity index is 1130. The fourth-order valence-corrected chi connectivity index (χ4v) is 3.90. The van der Waals surface area contributed by atoms with E-state index in [-0.39, 0.29) is 21.5 Å². The standard InChI is InChI=1S/C10H9NO3S.C8H5NO3S/c1-14-10(13)6-2-3-8-7(4-6)11-5-9(12)15-8;10-7(11)4-1-2-6-5(3-4)9-8(12)13-6/h2-4,11H,5H2,1H3;1-3H,(H,9,12)(H,10,11). The lowest BCUT2D eigenvalue weighted by Crippen LogP contribution is -2.16. The van der Waals surface area contributed by atoms with Gasteiger partial charge >= 0.3 is 16.8 Å². The van der Waals surface area contributed by atoms with Crippen LogP contribution in [0, 0.1) is 0 Å². The van der Waals surface area contributed by atoms with Gasteiger partial charge in [0.1, 0.15) is 0 Å². The molecular weight excluding hydrogens is 404 g/mol. The lowest BCUT2D eigenvalue weighted by atomic mass is 10.2. The molecule has 0 amide bonds. The maximum atomic E-state index is 11.2. The van der Waals surface area contributed by atoms with E-state index in [9.17, 15) is 19.2 Å². The number of fused-ring (bicyclic) bond motifs is 2. The number of thioether (sulfide) groups is 1. The molecule has 0 spiro atoms. The van der Waals surface area contributed by atoms with E-state index in [0.29, 0.717) is 17.6 Å². The Morgan fingerprint density at radius 3 is 2.57 bits per heavy atom. The van der Waals surface area contributed by atoms with E-state index in [2.05, 4.69) is 15.0 Å². The van der Waals surface area contributed by atoms with Crippen LogP contribution in [0.4, 0.5) is 5.69 Å². The molecule has 0 saturated carbocycles. The number of carbonyl (C=O) groups is 3. The average Bonchev–Trinajstić information content (AvgIpc) is 3.06. The number of rotatable bonds is 2. The smallest absolute Gasteiger partial charge is 0.337 e. The molecule has 2 aromatic carbocycles. The monoisotopic (exact) mass is 418 g/mol. The van der Waals surface area contributed by atoms with Crippen LogP contribution in [0.3, 0.4) is 0 Å². The number of methoxy groups -OCH3 is 1. The summed E-state index contributed by atoms with van der Waals surface area (Å²) in [6.07, 6.45) is 0. The SMILES string of the molecule is COC(=O)c1ccc2c(c1)NCC(=O)S2.O=C(O)c1ccc2sc(=O)[nH]c2c1. The van der Waals surface area contributed by atoms with Crippen LogP contribution in [-0.4, -0.2) is 40.8 Å². The summed E-state index contributed by atoms with van der Waals surface area (Å²) in [5.41, 5.74) is 2.05. The Morgan fingerprint density at radius 1 is 1.11 bits per heavy atom. The summed E-state index contributed by atoms with van der Waals surface area (Å²) in [5.74, 6) is -1.37. The summed E-state index contributed by atoms with van der Waals surface area (Å²) in [4.78, 5) is 47.0. The van der Waals surface area contributed by atoms with Crippen molar-refractivity contribution in [3.63, 3.8) is 0 Å². The number of ether oxygens (including phenoxy) is 1. The number of carboxylic acid groups (broad SMARTS) is 1. The van der Waals surface area contributed by atoms with Gasteiger partial charge in [-0.3, -0.25) is 9.59 Å². The minimum atomic E-state index is -0.992. The molecule has 3 N–H and O–H groups in total. The summed E-state index contributed by atoms with van der Waals surface area (Å²) in [7, 11) is 1.34. The summed E-state index contributed by atoms with van der Waals surface area (Å²) < 4.78 is 5.38. The Labute approximate surface area is 166 Å². The minimum absolute atomic E-state index is 0.0771. The number of nitrogens with one attached hydrogen (secondary N) is 2. The Morgan fingerprint density at radius 2 is 1.86 bits per heavy atom. The third kappa shape index (κ3) is 4.41. The molecule has 0 radical (unpaired) electrons. The first-order valence-electron chi connectivity index (χ1n) is 7.90.